The van der Waals surface area contributed by atoms with Crippen molar-refractivity contribution in [3.63, 3.8) is 0 Å². The number of fused-ring (bicyclic) bond motifs is 1. The van der Waals surface area contributed by atoms with Crippen molar-refractivity contribution in [1.82, 2.24) is 5.32 Å². The summed E-state index contributed by atoms with van der Waals surface area (Å²) in [6.07, 6.45) is 1.16. The minimum atomic E-state index is -0.489. The molecule has 1 aliphatic rings. The van der Waals surface area contributed by atoms with Crippen molar-refractivity contribution in [2.45, 2.75) is 18.9 Å². The van der Waals surface area contributed by atoms with E-state index in [-0.39, 0.29) is 5.91 Å². The highest BCUT2D eigenvalue weighted by Gasteiger charge is 2.26. The van der Waals surface area contributed by atoms with Crippen LogP contribution in [0.15, 0.2) is 48.5 Å². The largest absolute Gasteiger partial charge is 0.399 e. The zero-order valence-electron chi connectivity index (χ0n) is 12.4. The van der Waals surface area contributed by atoms with Crippen molar-refractivity contribution in [1.29, 1.82) is 0 Å². The fourth-order valence-electron chi connectivity index (χ4n) is 2.72. The van der Waals surface area contributed by atoms with Gasteiger partial charge in [-0.2, -0.15) is 0 Å². The molecule has 0 spiro atoms. The molecule has 1 unspecified atom stereocenters. The Morgan fingerprint density at radius 2 is 1.95 bits per heavy atom. The van der Waals surface area contributed by atoms with Crippen molar-refractivity contribution in [2.75, 3.05) is 18.9 Å². The quantitative estimate of drug-likeness (QED) is 0.851. The minimum Gasteiger partial charge on any atom is -0.399 e. The fraction of sp³-hybridized carbons (Fsp3) is 0.278. The van der Waals surface area contributed by atoms with Crippen LogP contribution in [0.4, 0.5) is 5.69 Å². The second-order valence-electron chi connectivity index (χ2n) is 5.48. The lowest BCUT2D eigenvalue weighted by Gasteiger charge is -2.25. The molecule has 1 amide bonds. The number of hydrogen-bond acceptors (Lipinski definition) is 3. The summed E-state index contributed by atoms with van der Waals surface area (Å²) in [4.78, 5) is 12.3. The molecular weight excluding hydrogens is 276 g/mol. The summed E-state index contributed by atoms with van der Waals surface area (Å²) in [6.45, 7) is 1.18. The van der Waals surface area contributed by atoms with Gasteiger partial charge in [-0.25, -0.2) is 0 Å². The Morgan fingerprint density at radius 3 is 2.77 bits per heavy atom. The number of carbonyl (C=O) groups is 1. The first kappa shape index (κ1) is 14.6. The van der Waals surface area contributed by atoms with Crippen molar-refractivity contribution in [3.05, 3.63) is 65.2 Å². The number of anilines is 1. The summed E-state index contributed by atoms with van der Waals surface area (Å²) in [7, 11) is 0. The number of ether oxygens (including phenoxy) is 1. The number of nitrogens with two attached hydrogens (primary N) is 1. The van der Waals surface area contributed by atoms with Crippen molar-refractivity contribution < 1.29 is 9.53 Å². The van der Waals surface area contributed by atoms with Crippen molar-refractivity contribution in [3.8, 4) is 0 Å². The topological polar surface area (TPSA) is 64.3 Å². The van der Waals surface area contributed by atoms with Gasteiger partial charge >= 0.3 is 0 Å². The Bertz CT molecular complexity index is 652. The van der Waals surface area contributed by atoms with E-state index in [0.29, 0.717) is 13.2 Å². The molecule has 0 radical (unpaired) electrons. The molecule has 114 valence electrons. The summed E-state index contributed by atoms with van der Waals surface area (Å²) >= 11 is 0. The number of rotatable bonds is 4. The highest BCUT2D eigenvalue weighted by atomic mass is 16.5. The molecule has 1 atom stereocenters. The minimum absolute atomic E-state index is 0.0670. The van der Waals surface area contributed by atoms with E-state index >= 15 is 0 Å². The van der Waals surface area contributed by atoms with Gasteiger partial charge in [-0.1, -0.05) is 36.4 Å². The predicted octanol–water partition coefficient (Wildman–Crippen LogP) is 2.24. The van der Waals surface area contributed by atoms with Crippen molar-refractivity contribution >= 4 is 11.6 Å². The summed E-state index contributed by atoms with van der Waals surface area (Å²) in [6, 6.07) is 15.7. The van der Waals surface area contributed by atoms with Gasteiger partial charge in [-0.3, -0.25) is 4.79 Å². The molecule has 0 aliphatic carbocycles. The van der Waals surface area contributed by atoms with Gasteiger partial charge in [0.25, 0.3) is 5.91 Å². The van der Waals surface area contributed by atoms with Gasteiger partial charge in [-0.05, 0) is 41.7 Å². The Labute approximate surface area is 130 Å². The van der Waals surface area contributed by atoms with Gasteiger partial charge in [0.15, 0.2) is 6.10 Å². The van der Waals surface area contributed by atoms with Crippen LogP contribution in [-0.4, -0.2) is 19.1 Å². The molecule has 2 aromatic rings. The molecule has 2 aromatic carbocycles. The Morgan fingerprint density at radius 1 is 1.18 bits per heavy atom. The summed E-state index contributed by atoms with van der Waals surface area (Å²) in [5.74, 6) is -0.0670. The molecule has 4 heteroatoms. The van der Waals surface area contributed by atoms with E-state index in [0.717, 1.165) is 29.7 Å². The highest BCUT2D eigenvalue weighted by molar-refractivity contribution is 5.82. The average Bonchev–Trinajstić information content (AvgIpc) is 2.56. The number of hydrogen-bond donors (Lipinski definition) is 2. The standard InChI is InChI=1S/C18H20N2O2/c19-15-7-5-13(6-8-15)9-11-20-18(21)17-16-4-2-1-3-14(16)10-12-22-17/h1-8,17H,9-12,19H2,(H,20,21). The van der Waals surface area contributed by atoms with E-state index in [1.54, 1.807) is 0 Å². The number of benzene rings is 2. The highest BCUT2D eigenvalue weighted by Crippen LogP contribution is 2.26. The Hall–Kier alpha value is -2.33. The molecular formula is C18H20N2O2. The van der Waals surface area contributed by atoms with E-state index < -0.39 is 6.10 Å². The van der Waals surface area contributed by atoms with Gasteiger partial charge in [0.05, 0.1) is 6.61 Å². The summed E-state index contributed by atoms with van der Waals surface area (Å²) < 4.78 is 5.66. The SMILES string of the molecule is Nc1ccc(CCNC(=O)C2OCCc3ccccc32)cc1. The smallest absolute Gasteiger partial charge is 0.253 e. The lowest BCUT2D eigenvalue weighted by Crippen LogP contribution is -2.34. The summed E-state index contributed by atoms with van der Waals surface area (Å²) in [5.41, 5.74) is 9.75. The fourth-order valence-corrected chi connectivity index (χ4v) is 2.72. The molecule has 1 heterocycles. The number of amides is 1. The zero-order chi connectivity index (χ0) is 15.4. The second-order valence-corrected chi connectivity index (χ2v) is 5.48. The predicted molar refractivity (Wildman–Crippen MR) is 86.4 cm³/mol. The molecule has 0 aromatic heterocycles. The molecule has 0 saturated heterocycles. The molecule has 1 aliphatic heterocycles. The first-order valence-electron chi connectivity index (χ1n) is 7.55. The lowest BCUT2D eigenvalue weighted by atomic mass is 9.97. The number of carbonyl (C=O) groups excluding carboxylic acids is 1. The van der Waals surface area contributed by atoms with Crippen LogP contribution in [-0.2, 0) is 22.4 Å². The molecule has 22 heavy (non-hydrogen) atoms. The Balaban J connectivity index is 1.58. The van der Waals surface area contributed by atoms with Gasteiger partial charge in [-0.15, -0.1) is 0 Å². The third-order valence-corrected chi connectivity index (χ3v) is 3.92. The first-order valence-corrected chi connectivity index (χ1v) is 7.55. The molecule has 0 saturated carbocycles. The van der Waals surface area contributed by atoms with Crippen LogP contribution < -0.4 is 11.1 Å². The number of nitrogens with one attached hydrogen (secondary N) is 1. The zero-order valence-corrected chi connectivity index (χ0v) is 12.4. The van der Waals surface area contributed by atoms with Crippen LogP contribution >= 0.6 is 0 Å². The van der Waals surface area contributed by atoms with Crippen LogP contribution in [0.1, 0.15) is 22.8 Å². The van der Waals surface area contributed by atoms with Crippen LogP contribution in [0.25, 0.3) is 0 Å². The molecule has 0 fully saturated rings. The van der Waals surface area contributed by atoms with Gasteiger partial charge < -0.3 is 15.8 Å². The van der Waals surface area contributed by atoms with E-state index in [2.05, 4.69) is 11.4 Å². The van der Waals surface area contributed by atoms with Crippen LogP contribution in [0, 0.1) is 0 Å². The van der Waals surface area contributed by atoms with Gasteiger partial charge in [0.2, 0.25) is 0 Å². The third-order valence-electron chi connectivity index (χ3n) is 3.92. The van der Waals surface area contributed by atoms with E-state index in [1.165, 1.54) is 5.56 Å². The second kappa shape index (κ2) is 6.62. The average molecular weight is 296 g/mol. The maximum absolute atomic E-state index is 12.3. The van der Waals surface area contributed by atoms with Crippen LogP contribution in [0.3, 0.4) is 0 Å². The van der Waals surface area contributed by atoms with E-state index in [1.807, 2.05) is 42.5 Å². The third kappa shape index (κ3) is 3.28. The lowest BCUT2D eigenvalue weighted by molar-refractivity contribution is -0.134. The maximum Gasteiger partial charge on any atom is 0.253 e. The van der Waals surface area contributed by atoms with Gasteiger partial charge in [0, 0.05) is 12.2 Å². The van der Waals surface area contributed by atoms with E-state index in [4.69, 9.17) is 10.5 Å². The molecule has 3 rings (SSSR count). The number of nitrogen functional groups attached to an aromatic ring is 1. The Kier molecular flexibility index (Phi) is 4.39. The maximum atomic E-state index is 12.3. The molecule has 3 N–H and O–H groups in total. The van der Waals surface area contributed by atoms with Crippen LogP contribution in [0.2, 0.25) is 0 Å². The normalized spacial score (nSPS) is 16.8. The first-order chi connectivity index (χ1) is 10.7. The summed E-state index contributed by atoms with van der Waals surface area (Å²) in [5, 5.41) is 2.96. The van der Waals surface area contributed by atoms with Gasteiger partial charge in [0.1, 0.15) is 0 Å². The molecule has 0 bridgehead atoms. The molecule has 4 nitrogen and oxygen atoms in total. The monoisotopic (exact) mass is 296 g/mol. The van der Waals surface area contributed by atoms with Crippen LogP contribution in [0.5, 0.6) is 0 Å². The van der Waals surface area contributed by atoms with Crippen molar-refractivity contribution in [2.24, 2.45) is 0 Å². The van der Waals surface area contributed by atoms with E-state index in [9.17, 15) is 4.79 Å².